The Hall–Kier alpha value is -0.870. The van der Waals surface area contributed by atoms with Gasteiger partial charge in [0.1, 0.15) is 0 Å². The Bertz CT molecular complexity index is 250. The zero-order valence-electron chi connectivity index (χ0n) is 11.6. The Labute approximate surface area is 111 Å². The molecule has 0 atom stereocenters. The van der Waals surface area contributed by atoms with Crippen molar-refractivity contribution in [3.8, 4) is 0 Å². The fourth-order valence-electron chi connectivity index (χ4n) is 2.33. The molecule has 4 nitrogen and oxygen atoms in total. The first kappa shape index (κ1) is 15.2. The molecule has 0 radical (unpaired) electrons. The van der Waals surface area contributed by atoms with E-state index >= 15 is 0 Å². The van der Waals surface area contributed by atoms with Crippen LogP contribution in [0.2, 0.25) is 0 Å². The van der Waals surface area contributed by atoms with Gasteiger partial charge in [-0.05, 0) is 45.8 Å². The van der Waals surface area contributed by atoms with Gasteiger partial charge >= 0.3 is 5.97 Å². The molecular weight excluding hydrogens is 228 g/mol. The Morgan fingerprint density at radius 3 is 2.78 bits per heavy atom. The van der Waals surface area contributed by atoms with Gasteiger partial charge in [0.05, 0.1) is 13.2 Å². The topological polar surface area (TPSA) is 32.8 Å². The van der Waals surface area contributed by atoms with Crippen molar-refractivity contribution in [3.05, 3.63) is 12.7 Å². The summed E-state index contributed by atoms with van der Waals surface area (Å²) >= 11 is 0. The first-order valence-electron chi connectivity index (χ1n) is 6.97. The summed E-state index contributed by atoms with van der Waals surface area (Å²) in [6.45, 7) is 11.7. The van der Waals surface area contributed by atoms with E-state index in [-0.39, 0.29) is 5.97 Å². The highest BCUT2D eigenvalue weighted by molar-refractivity contribution is 5.71. The highest BCUT2D eigenvalue weighted by atomic mass is 16.5. The summed E-state index contributed by atoms with van der Waals surface area (Å²) in [5.74, 6) is -0.138. The van der Waals surface area contributed by atoms with Gasteiger partial charge in [0.2, 0.25) is 0 Å². The molecule has 1 rings (SSSR count). The van der Waals surface area contributed by atoms with Crippen molar-refractivity contribution in [3.63, 3.8) is 0 Å². The lowest BCUT2D eigenvalue weighted by Gasteiger charge is -2.21. The van der Waals surface area contributed by atoms with Crippen LogP contribution in [0.1, 0.15) is 26.2 Å². The molecule has 1 aliphatic rings. The number of carbonyl (C=O) groups excluding carboxylic acids is 1. The summed E-state index contributed by atoms with van der Waals surface area (Å²) in [4.78, 5) is 16.0. The van der Waals surface area contributed by atoms with Crippen molar-refractivity contribution in [1.29, 1.82) is 0 Å². The summed E-state index contributed by atoms with van der Waals surface area (Å²) in [7, 11) is 0. The van der Waals surface area contributed by atoms with Gasteiger partial charge in [-0.1, -0.05) is 6.08 Å². The van der Waals surface area contributed by atoms with E-state index in [4.69, 9.17) is 4.74 Å². The molecule has 104 valence electrons. The predicted molar refractivity (Wildman–Crippen MR) is 73.6 cm³/mol. The fraction of sp³-hybridized carbons (Fsp3) is 0.786. The zero-order chi connectivity index (χ0) is 13.2. The van der Waals surface area contributed by atoms with Crippen LogP contribution in [-0.4, -0.2) is 61.6 Å². The van der Waals surface area contributed by atoms with Gasteiger partial charge in [-0.25, -0.2) is 0 Å². The smallest absolute Gasteiger partial charge is 0.320 e. The van der Waals surface area contributed by atoms with Crippen LogP contribution in [0.25, 0.3) is 0 Å². The number of carbonyl (C=O) groups is 1. The maximum absolute atomic E-state index is 11.4. The molecule has 0 aromatic carbocycles. The van der Waals surface area contributed by atoms with Crippen molar-refractivity contribution in [2.24, 2.45) is 0 Å². The number of ether oxygens (including phenoxy) is 1. The second-order valence-electron chi connectivity index (χ2n) is 4.73. The van der Waals surface area contributed by atoms with Gasteiger partial charge in [-0.3, -0.25) is 9.69 Å². The largest absolute Gasteiger partial charge is 0.465 e. The van der Waals surface area contributed by atoms with Gasteiger partial charge in [0.15, 0.2) is 0 Å². The monoisotopic (exact) mass is 254 g/mol. The zero-order valence-corrected chi connectivity index (χ0v) is 11.6. The normalized spacial score (nSPS) is 16.1. The van der Waals surface area contributed by atoms with Gasteiger partial charge in [-0.15, -0.1) is 6.58 Å². The van der Waals surface area contributed by atoms with Crippen LogP contribution in [0.3, 0.4) is 0 Å². The summed E-state index contributed by atoms with van der Waals surface area (Å²) in [6, 6.07) is 0. The van der Waals surface area contributed by atoms with Gasteiger partial charge in [0.25, 0.3) is 0 Å². The lowest BCUT2D eigenvalue weighted by Crippen LogP contribution is -2.34. The fourth-order valence-corrected chi connectivity index (χ4v) is 2.33. The van der Waals surface area contributed by atoms with Crippen LogP contribution >= 0.6 is 0 Å². The number of hydrogen-bond donors (Lipinski definition) is 0. The molecule has 1 saturated heterocycles. The predicted octanol–water partition coefficient (Wildman–Crippen LogP) is 1.52. The summed E-state index contributed by atoms with van der Waals surface area (Å²) in [5.41, 5.74) is 0. The minimum atomic E-state index is -0.138. The van der Waals surface area contributed by atoms with E-state index < -0.39 is 0 Å². The number of rotatable bonds is 9. The van der Waals surface area contributed by atoms with Crippen molar-refractivity contribution < 1.29 is 9.53 Å². The molecule has 0 aromatic heterocycles. The Morgan fingerprint density at radius 1 is 1.44 bits per heavy atom. The number of nitrogens with zero attached hydrogens (tertiary/aromatic N) is 2. The molecule has 0 unspecified atom stereocenters. The third-order valence-corrected chi connectivity index (χ3v) is 3.19. The van der Waals surface area contributed by atoms with Gasteiger partial charge in [0, 0.05) is 13.1 Å². The van der Waals surface area contributed by atoms with E-state index in [2.05, 4.69) is 16.4 Å². The van der Waals surface area contributed by atoms with Crippen molar-refractivity contribution in [2.75, 3.05) is 45.9 Å². The molecule has 0 bridgehead atoms. The Morgan fingerprint density at radius 2 is 2.17 bits per heavy atom. The van der Waals surface area contributed by atoms with Crippen molar-refractivity contribution in [2.45, 2.75) is 26.2 Å². The lowest BCUT2D eigenvalue weighted by atomic mass is 10.3. The second-order valence-corrected chi connectivity index (χ2v) is 4.73. The molecule has 1 fully saturated rings. The van der Waals surface area contributed by atoms with Crippen LogP contribution in [0.15, 0.2) is 12.7 Å². The maximum atomic E-state index is 11.4. The third kappa shape index (κ3) is 6.17. The van der Waals surface area contributed by atoms with Crippen LogP contribution in [0, 0.1) is 0 Å². The SMILES string of the molecule is C=CCN(CCCN1CCCC1)CC(=O)OCC. The van der Waals surface area contributed by atoms with E-state index in [9.17, 15) is 4.79 Å². The van der Waals surface area contributed by atoms with Crippen molar-refractivity contribution in [1.82, 2.24) is 9.80 Å². The molecule has 0 saturated carbocycles. The molecule has 0 spiro atoms. The van der Waals surface area contributed by atoms with E-state index in [1.165, 1.54) is 25.9 Å². The van der Waals surface area contributed by atoms with Gasteiger partial charge < -0.3 is 9.64 Å². The van der Waals surface area contributed by atoms with E-state index in [1.54, 1.807) is 0 Å². The van der Waals surface area contributed by atoms with E-state index in [0.29, 0.717) is 13.2 Å². The third-order valence-electron chi connectivity index (χ3n) is 3.19. The highest BCUT2D eigenvalue weighted by Crippen LogP contribution is 2.07. The number of likely N-dealkylation sites (tertiary alicyclic amines) is 1. The molecule has 0 aromatic rings. The Kier molecular flexibility index (Phi) is 7.69. The minimum absolute atomic E-state index is 0.138. The molecule has 18 heavy (non-hydrogen) atoms. The lowest BCUT2D eigenvalue weighted by molar-refractivity contribution is -0.144. The molecule has 0 amide bonds. The van der Waals surface area contributed by atoms with Crippen LogP contribution in [0.4, 0.5) is 0 Å². The molecule has 1 aliphatic heterocycles. The molecular formula is C14H26N2O2. The number of esters is 1. The highest BCUT2D eigenvalue weighted by Gasteiger charge is 2.13. The average molecular weight is 254 g/mol. The minimum Gasteiger partial charge on any atom is -0.465 e. The van der Waals surface area contributed by atoms with E-state index in [0.717, 1.165) is 26.1 Å². The number of hydrogen-bond acceptors (Lipinski definition) is 4. The molecule has 0 N–H and O–H groups in total. The van der Waals surface area contributed by atoms with Crippen LogP contribution < -0.4 is 0 Å². The molecule has 1 heterocycles. The van der Waals surface area contributed by atoms with Crippen molar-refractivity contribution >= 4 is 5.97 Å². The summed E-state index contributed by atoms with van der Waals surface area (Å²) in [5, 5.41) is 0. The standard InChI is InChI=1S/C14H26N2O2/c1-3-8-16(13-14(17)18-4-2)12-7-11-15-9-5-6-10-15/h3H,1,4-13H2,2H3. The quantitative estimate of drug-likeness (QED) is 0.461. The summed E-state index contributed by atoms with van der Waals surface area (Å²) < 4.78 is 4.97. The van der Waals surface area contributed by atoms with Crippen LogP contribution in [-0.2, 0) is 9.53 Å². The van der Waals surface area contributed by atoms with E-state index in [1.807, 2.05) is 13.0 Å². The molecule has 4 heteroatoms. The Balaban J connectivity index is 2.19. The first-order valence-corrected chi connectivity index (χ1v) is 6.97. The second kappa shape index (κ2) is 9.11. The summed E-state index contributed by atoms with van der Waals surface area (Å²) in [6.07, 6.45) is 5.61. The molecule has 0 aliphatic carbocycles. The van der Waals surface area contributed by atoms with Gasteiger partial charge in [-0.2, -0.15) is 0 Å². The maximum Gasteiger partial charge on any atom is 0.320 e. The van der Waals surface area contributed by atoms with Crippen LogP contribution in [0.5, 0.6) is 0 Å². The average Bonchev–Trinajstić information content (AvgIpc) is 2.82. The first-order chi connectivity index (χ1) is 8.76.